The van der Waals surface area contributed by atoms with E-state index in [0.717, 1.165) is 39.9 Å². The molecule has 1 aromatic carbocycles. The van der Waals surface area contributed by atoms with Crippen molar-refractivity contribution in [3.05, 3.63) is 67.0 Å². The molecular formula is C23H22N6O2S. The van der Waals surface area contributed by atoms with Crippen LogP contribution in [0.4, 0.5) is 0 Å². The summed E-state index contributed by atoms with van der Waals surface area (Å²) in [7, 11) is -2.99. The van der Waals surface area contributed by atoms with Crippen molar-refractivity contribution in [3.63, 3.8) is 0 Å². The van der Waals surface area contributed by atoms with Crippen LogP contribution >= 0.6 is 0 Å². The van der Waals surface area contributed by atoms with Crippen LogP contribution in [-0.4, -0.2) is 49.9 Å². The van der Waals surface area contributed by atoms with Gasteiger partial charge in [-0.05, 0) is 37.5 Å². The van der Waals surface area contributed by atoms with Crippen molar-refractivity contribution >= 4 is 9.84 Å². The molecule has 0 amide bonds. The van der Waals surface area contributed by atoms with Gasteiger partial charge in [0.2, 0.25) is 0 Å². The molecule has 0 spiro atoms. The molecule has 0 unspecified atom stereocenters. The fourth-order valence-corrected chi connectivity index (χ4v) is 5.67. The van der Waals surface area contributed by atoms with Crippen LogP contribution in [0.1, 0.15) is 24.6 Å². The van der Waals surface area contributed by atoms with Gasteiger partial charge in [0, 0.05) is 40.8 Å². The highest BCUT2D eigenvalue weighted by atomic mass is 32.2. The third kappa shape index (κ3) is 4.29. The lowest BCUT2D eigenvalue weighted by Crippen LogP contribution is -2.27. The first-order valence-electron chi connectivity index (χ1n) is 10.4. The number of sulfone groups is 1. The van der Waals surface area contributed by atoms with Crippen molar-refractivity contribution in [1.29, 1.82) is 0 Å². The average Bonchev–Trinajstić information content (AvgIpc) is 3.29. The molecule has 4 aromatic rings. The Morgan fingerprint density at radius 2 is 1.75 bits per heavy atom. The first-order valence-corrected chi connectivity index (χ1v) is 12.3. The molecule has 0 aliphatic carbocycles. The maximum absolute atomic E-state index is 11.9. The van der Waals surface area contributed by atoms with Crippen LogP contribution in [0.15, 0.2) is 61.3 Å². The third-order valence-corrected chi connectivity index (χ3v) is 7.43. The number of benzene rings is 1. The van der Waals surface area contributed by atoms with E-state index in [2.05, 4.69) is 25.3 Å². The molecule has 1 aliphatic heterocycles. The molecule has 0 bridgehead atoms. The summed E-state index contributed by atoms with van der Waals surface area (Å²) in [5.74, 6) is 1.04. The van der Waals surface area contributed by atoms with Gasteiger partial charge in [0.1, 0.15) is 0 Å². The van der Waals surface area contributed by atoms with Crippen LogP contribution in [0.25, 0.3) is 33.6 Å². The Kier molecular flexibility index (Phi) is 5.26. The van der Waals surface area contributed by atoms with Gasteiger partial charge in [-0.25, -0.2) is 18.4 Å². The minimum atomic E-state index is -2.99. The molecule has 8 nitrogen and oxygen atoms in total. The maximum atomic E-state index is 11.9. The van der Waals surface area contributed by atoms with Crippen LogP contribution in [0.2, 0.25) is 0 Å². The summed E-state index contributed by atoms with van der Waals surface area (Å²) < 4.78 is 25.7. The molecular weight excluding hydrogens is 424 g/mol. The van der Waals surface area contributed by atoms with E-state index in [4.69, 9.17) is 0 Å². The fourth-order valence-electron chi connectivity index (χ4n) is 3.99. The number of hydrogen-bond acceptors (Lipinski definition) is 7. The van der Waals surface area contributed by atoms with Gasteiger partial charge in [-0.2, -0.15) is 15.3 Å². The Bertz CT molecular complexity index is 1370. The van der Waals surface area contributed by atoms with Crippen LogP contribution in [0, 0.1) is 6.92 Å². The Morgan fingerprint density at radius 3 is 2.53 bits per heavy atom. The largest absolute Gasteiger partial charge is 0.268 e. The van der Waals surface area contributed by atoms with Crippen molar-refractivity contribution < 1.29 is 8.42 Å². The molecule has 5 rings (SSSR count). The molecule has 32 heavy (non-hydrogen) atoms. The zero-order chi connectivity index (χ0) is 22.1. The zero-order valence-corrected chi connectivity index (χ0v) is 18.4. The minimum absolute atomic E-state index is 0.114. The van der Waals surface area contributed by atoms with Gasteiger partial charge >= 0.3 is 0 Å². The Balaban J connectivity index is 1.37. The second-order valence-electron chi connectivity index (χ2n) is 8.08. The smallest absolute Gasteiger partial charge is 0.159 e. The van der Waals surface area contributed by atoms with E-state index in [0.29, 0.717) is 12.2 Å². The van der Waals surface area contributed by atoms with Gasteiger partial charge in [0.05, 0.1) is 35.6 Å². The van der Waals surface area contributed by atoms with Gasteiger partial charge < -0.3 is 0 Å². The lowest BCUT2D eigenvalue weighted by Gasteiger charge is -2.22. The molecule has 9 heteroatoms. The summed E-state index contributed by atoms with van der Waals surface area (Å²) in [6, 6.07) is 9.88. The van der Waals surface area contributed by atoms with E-state index in [1.54, 1.807) is 29.5 Å². The first kappa shape index (κ1) is 20.4. The highest BCUT2D eigenvalue weighted by molar-refractivity contribution is 7.91. The molecule has 0 saturated carbocycles. The molecule has 1 fully saturated rings. The minimum Gasteiger partial charge on any atom is -0.268 e. The summed E-state index contributed by atoms with van der Waals surface area (Å²) in [4.78, 5) is 9.10. The molecule has 1 atom stereocenters. The Hall–Kier alpha value is -3.46. The number of aryl methyl sites for hydroxylation is 1. The SMILES string of the molecule is Cc1cc(-c2cccc(-c3ncc(-c4cnn([C@@H]5CCCS(=O)(=O)C5)c4)cn3)c2)cnn1. The van der Waals surface area contributed by atoms with Gasteiger partial charge in [0.25, 0.3) is 0 Å². The summed E-state index contributed by atoms with van der Waals surface area (Å²) >= 11 is 0. The van der Waals surface area contributed by atoms with E-state index >= 15 is 0 Å². The van der Waals surface area contributed by atoms with Crippen molar-refractivity contribution in [1.82, 2.24) is 29.9 Å². The second kappa shape index (κ2) is 8.23. The van der Waals surface area contributed by atoms with Gasteiger partial charge in [-0.1, -0.05) is 18.2 Å². The second-order valence-corrected chi connectivity index (χ2v) is 10.3. The summed E-state index contributed by atoms with van der Waals surface area (Å²) in [6.45, 7) is 1.91. The van der Waals surface area contributed by atoms with Crippen molar-refractivity contribution in [2.24, 2.45) is 0 Å². The van der Waals surface area contributed by atoms with E-state index in [1.807, 2.05) is 43.5 Å². The van der Waals surface area contributed by atoms with Gasteiger partial charge in [-0.15, -0.1) is 0 Å². The molecule has 4 heterocycles. The molecule has 0 N–H and O–H groups in total. The Labute approximate surface area is 186 Å². The molecule has 3 aromatic heterocycles. The normalized spacial score (nSPS) is 17.8. The maximum Gasteiger partial charge on any atom is 0.159 e. The quantitative estimate of drug-likeness (QED) is 0.472. The number of hydrogen-bond donors (Lipinski definition) is 0. The lowest BCUT2D eigenvalue weighted by atomic mass is 10.0. The predicted molar refractivity (Wildman–Crippen MR) is 121 cm³/mol. The van der Waals surface area contributed by atoms with E-state index in [1.165, 1.54) is 0 Å². The van der Waals surface area contributed by atoms with Crippen molar-refractivity contribution in [2.75, 3.05) is 11.5 Å². The Morgan fingerprint density at radius 1 is 0.938 bits per heavy atom. The van der Waals surface area contributed by atoms with Crippen LogP contribution in [0.5, 0.6) is 0 Å². The first-order chi connectivity index (χ1) is 15.5. The summed E-state index contributed by atoms with van der Waals surface area (Å²) in [6.07, 6.45) is 10.4. The van der Waals surface area contributed by atoms with E-state index < -0.39 is 9.84 Å². The average molecular weight is 447 g/mol. The molecule has 162 valence electrons. The predicted octanol–water partition coefficient (Wildman–Crippen LogP) is 3.52. The number of aromatic nitrogens is 6. The van der Waals surface area contributed by atoms with E-state index in [9.17, 15) is 8.42 Å². The van der Waals surface area contributed by atoms with Gasteiger partial charge in [-0.3, -0.25) is 4.68 Å². The van der Waals surface area contributed by atoms with Crippen molar-refractivity contribution in [2.45, 2.75) is 25.8 Å². The summed E-state index contributed by atoms with van der Waals surface area (Å²) in [5, 5.41) is 12.4. The standard InChI is InChI=1S/C23H22N6O2S/c1-16-8-19(12-26-28-16)17-4-2-5-18(9-17)23-24-10-20(11-25-23)21-13-27-29(14-21)22-6-3-7-32(30,31)15-22/h2,4-5,8-14,22H,3,6-7,15H2,1H3/t22-/m1/s1. The third-order valence-electron chi connectivity index (χ3n) is 5.63. The zero-order valence-electron chi connectivity index (χ0n) is 17.6. The topological polar surface area (TPSA) is 104 Å². The molecule has 0 radical (unpaired) electrons. The van der Waals surface area contributed by atoms with Gasteiger partial charge in [0.15, 0.2) is 15.7 Å². The number of rotatable bonds is 4. The molecule has 1 aliphatic rings. The highest BCUT2D eigenvalue weighted by Gasteiger charge is 2.26. The van der Waals surface area contributed by atoms with Crippen molar-refractivity contribution in [3.8, 4) is 33.6 Å². The van der Waals surface area contributed by atoms with Crippen LogP contribution < -0.4 is 0 Å². The fraction of sp³-hybridized carbons (Fsp3) is 0.261. The lowest BCUT2D eigenvalue weighted by molar-refractivity contribution is 0.435. The van der Waals surface area contributed by atoms with Crippen LogP contribution in [-0.2, 0) is 9.84 Å². The monoisotopic (exact) mass is 446 g/mol. The van der Waals surface area contributed by atoms with E-state index in [-0.39, 0.29) is 17.5 Å². The highest BCUT2D eigenvalue weighted by Crippen LogP contribution is 2.27. The van der Waals surface area contributed by atoms with Crippen LogP contribution in [0.3, 0.4) is 0 Å². The summed E-state index contributed by atoms with van der Waals surface area (Å²) in [5.41, 5.74) is 5.49. The number of nitrogens with zero attached hydrogens (tertiary/aromatic N) is 6. The molecule has 1 saturated heterocycles.